The van der Waals surface area contributed by atoms with Crippen molar-refractivity contribution in [2.24, 2.45) is 0 Å². The van der Waals surface area contributed by atoms with Gasteiger partial charge in [0, 0.05) is 44.1 Å². The maximum absolute atomic E-state index is 12.9. The number of carboxylic acid groups (broad SMARTS) is 1. The quantitative estimate of drug-likeness (QED) is 0.0695. The van der Waals surface area contributed by atoms with Crippen LogP contribution in [0.4, 0.5) is 5.69 Å². The molecule has 17 heteroatoms. The maximum atomic E-state index is 12.9. The Morgan fingerprint density at radius 3 is 1.86 bits per heavy atom. The molecular formula is C27H33N5O12. The topological polar surface area (TPSA) is 258 Å². The molecule has 6 amide bonds. The molecule has 0 radical (unpaired) electrons. The van der Waals surface area contributed by atoms with Crippen LogP contribution in [0, 0.1) is 0 Å². The van der Waals surface area contributed by atoms with Gasteiger partial charge in [0.25, 0.3) is 11.8 Å². The molecule has 0 aliphatic carbocycles. The number of aliphatic hydroxyl groups excluding tert-OH is 2. The summed E-state index contributed by atoms with van der Waals surface area (Å²) in [6, 6.07) is 1.46. The molecule has 0 saturated heterocycles. The third-order valence-corrected chi connectivity index (χ3v) is 6.06. The van der Waals surface area contributed by atoms with Gasteiger partial charge >= 0.3 is 11.9 Å². The monoisotopic (exact) mass is 619 g/mol. The first-order valence-electron chi connectivity index (χ1n) is 13.2. The van der Waals surface area contributed by atoms with E-state index in [1.807, 2.05) is 0 Å². The summed E-state index contributed by atoms with van der Waals surface area (Å²) in [5, 5.41) is 37.5. The van der Waals surface area contributed by atoms with Gasteiger partial charge in [-0.3, -0.25) is 43.3 Å². The number of hydrogen-bond acceptors (Lipinski definition) is 11. The number of nitrogens with zero attached hydrogens (tertiary/aromatic N) is 1. The molecule has 0 bridgehead atoms. The highest BCUT2D eigenvalue weighted by Gasteiger charge is 2.30. The van der Waals surface area contributed by atoms with Crippen molar-refractivity contribution in [3.63, 3.8) is 0 Å². The van der Waals surface area contributed by atoms with Crippen LogP contribution >= 0.6 is 0 Å². The molecule has 1 heterocycles. The number of anilines is 1. The lowest BCUT2D eigenvalue weighted by atomic mass is 10.1. The Kier molecular flexibility index (Phi) is 13.6. The molecule has 0 spiro atoms. The number of hydrogen-bond donors (Lipinski definition) is 7. The molecule has 3 atom stereocenters. The SMILES string of the molecule is CC(=O)OCc1ccc(NC(=O)[C@H](CCC(=O)O)NC(=O)[C@H](CO)NC(=O)[C@@H](CO)NC(=O)CCN2C(=O)C=CC2=O)cc1. The van der Waals surface area contributed by atoms with Gasteiger partial charge in [-0.1, -0.05) is 12.1 Å². The molecule has 0 fully saturated rings. The van der Waals surface area contributed by atoms with Crippen molar-refractivity contribution in [1.29, 1.82) is 0 Å². The first-order chi connectivity index (χ1) is 20.8. The van der Waals surface area contributed by atoms with Crippen LogP contribution in [0.5, 0.6) is 0 Å². The molecule has 17 nitrogen and oxygen atoms in total. The minimum atomic E-state index is -1.67. The molecule has 0 aromatic heterocycles. The Bertz CT molecular complexity index is 1280. The number of rotatable bonds is 17. The predicted molar refractivity (Wildman–Crippen MR) is 148 cm³/mol. The Balaban J connectivity index is 1.99. The van der Waals surface area contributed by atoms with Gasteiger partial charge in [0.2, 0.25) is 23.6 Å². The molecule has 2 rings (SSSR count). The van der Waals surface area contributed by atoms with Crippen LogP contribution in [0.1, 0.15) is 31.7 Å². The van der Waals surface area contributed by atoms with E-state index in [0.717, 1.165) is 17.1 Å². The van der Waals surface area contributed by atoms with E-state index in [0.29, 0.717) is 5.56 Å². The highest BCUT2D eigenvalue weighted by atomic mass is 16.5. The van der Waals surface area contributed by atoms with Crippen molar-refractivity contribution in [2.75, 3.05) is 25.1 Å². The smallest absolute Gasteiger partial charge is 0.303 e. The third-order valence-electron chi connectivity index (χ3n) is 6.06. The zero-order chi connectivity index (χ0) is 32.8. The van der Waals surface area contributed by atoms with E-state index >= 15 is 0 Å². The summed E-state index contributed by atoms with van der Waals surface area (Å²) in [7, 11) is 0. The number of aliphatic carboxylic acids is 1. The number of amides is 6. The van der Waals surface area contributed by atoms with E-state index < -0.39 is 85.1 Å². The molecule has 0 saturated carbocycles. The number of nitrogens with one attached hydrogen (secondary N) is 4. The fourth-order valence-corrected chi connectivity index (χ4v) is 3.70. The predicted octanol–water partition coefficient (Wildman–Crippen LogP) is -2.69. The molecule has 1 aliphatic heterocycles. The average molecular weight is 620 g/mol. The van der Waals surface area contributed by atoms with Gasteiger partial charge in [0.1, 0.15) is 24.7 Å². The molecule has 0 unspecified atom stereocenters. The lowest BCUT2D eigenvalue weighted by molar-refractivity contribution is -0.142. The number of carboxylic acids is 1. The van der Waals surface area contributed by atoms with E-state index in [4.69, 9.17) is 9.84 Å². The van der Waals surface area contributed by atoms with Crippen LogP contribution in [-0.2, 0) is 49.7 Å². The molecule has 1 aromatic rings. The standard InChI is InChI=1S/C27H33N5O12/c1-15(35)44-14-16-2-4-17(5-3-16)28-25(41)18(6-9-24(39)40)30-27(43)20(13-34)31-26(42)19(12-33)29-21(36)10-11-32-22(37)7-8-23(32)38/h2-5,7-8,18-20,33-34H,6,9-14H2,1H3,(H,28,41)(H,29,36)(H,30,43)(H,31,42)(H,39,40)/t18-,19+,20-/m0/s1. The lowest BCUT2D eigenvalue weighted by Crippen LogP contribution is -2.58. The van der Waals surface area contributed by atoms with E-state index in [2.05, 4.69) is 21.3 Å². The first-order valence-corrected chi connectivity index (χ1v) is 13.2. The number of carbonyl (C=O) groups excluding carboxylic acids is 7. The summed E-state index contributed by atoms with van der Waals surface area (Å²) >= 11 is 0. The zero-order valence-corrected chi connectivity index (χ0v) is 23.6. The van der Waals surface area contributed by atoms with Gasteiger partial charge in [-0.25, -0.2) is 0 Å². The molecule has 44 heavy (non-hydrogen) atoms. The summed E-state index contributed by atoms with van der Waals surface area (Å²) in [5.41, 5.74) is 0.904. The second-order valence-electron chi connectivity index (χ2n) is 9.42. The molecule has 7 N–H and O–H groups in total. The van der Waals surface area contributed by atoms with Crippen LogP contribution in [0.2, 0.25) is 0 Å². The second kappa shape index (κ2) is 17.1. The minimum Gasteiger partial charge on any atom is -0.481 e. The van der Waals surface area contributed by atoms with Gasteiger partial charge in [-0.05, 0) is 24.1 Å². The van der Waals surface area contributed by atoms with Crippen molar-refractivity contribution in [1.82, 2.24) is 20.9 Å². The van der Waals surface area contributed by atoms with Crippen molar-refractivity contribution in [3.8, 4) is 0 Å². The summed E-state index contributed by atoms with van der Waals surface area (Å²) in [6.07, 6.45) is 0.816. The van der Waals surface area contributed by atoms with E-state index in [-0.39, 0.29) is 31.7 Å². The normalized spacial score (nSPS) is 14.3. The van der Waals surface area contributed by atoms with Crippen molar-refractivity contribution in [3.05, 3.63) is 42.0 Å². The van der Waals surface area contributed by atoms with E-state index in [1.165, 1.54) is 19.1 Å². The number of carbonyl (C=O) groups is 8. The third kappa shape index (κ3) is 11.3. The lowest BCUT2D eigenvalue weighted by Gasteiger charge is -2.24. The Hall–Kier alpha value is -5.16. The highest BCUT2D eigenvalue weighted by Crippen LogP contribution is 2.12. The van der Waals surface area contributed by atoms with Gasteiger partial charge in [-0.2, -0.15) is 0 Å². The first kappa shape index (κ1) is 35.0. The number of imide groups is 1. The fraction of sp³-hybridized carbons (Fsp3) is 0.407. The van der Waals surface area contributed by atoms with Gasteiger partial charge in [0.05, 0.1) is 13.2 Å². The van der Waals surface area contributed by atoms with Crippen molar-refractivity contribution < 1.29 is 58.4 Å². The minimum absolute atomic E-state index is 0.00821. The Morgan fingerprint density at radius 1 is 0.795 bits per heavy atom. The number of ether oxygens (including phenoxy) is 1. The summed E-state index contributed by atoms with van der Waals surface area (Å²) in [4.78, 5) is 96.7. The van der Waals surface area contributed by atoms with Crippen LogP contribution < -0.4 is 21.3 Å². The largest absolute Gasteiger partial charge is 0.481 e. The summed E-state index contributed by atoms with van der Waals surface area (Å²) in [6.45, 7) is -0.901. The molecular weight excluding hydrogens is 586 g/mol. The van der Waals surface area contributed by atoms with E-state index in [1.54, 1.807) is 12.1 Å². The average Bonchev–Trinajstić information content (AvgIpc) is 3.30. The molecule has 238 valence electrons. The Morgan fingerprint density at radius 2 is 1.34 bits per heavy atom. The van der Waals surface area contributed by atoms with Crippen molar-refractivity contribution >= 4 is 53.1 Å². The number of benzene rings is 1. The van der Waals surface area contributed by atoms with Crippen LogP contribution in [0.3, 0.4) is 0 Å². The van der Waals surface area contributed by atoms with E-state index in [9.17, 15) is 48.6 Å². The Labute approximate surface area is 250 Å². The molecule has 1 aliphatic rings. The van der Waals surface area contributed by atoms with Crippen LogP contribution in [0.15, 0.2) is 36.4 Å². The number of esters is 1. The van der Waals surface area contributed by atoms with Gasteiger partial charge in [-0.15, -0.1) is 0 Å². The zero-order valence-electron chi connectivity index (χ0n) is 23.6. The number of aliphatic hydroxyl groups is 2. The highest BCUT2D eigenvalue weighted by molar-refractivity contribution is 6.13. The summed E-state index contributed by atoms with van der Waals surface area (Å²) in [5.74, 6) is -6.70. The van der Waals surface area contributed by atoms with Crippen LogP contribution in [-0.4, -0.2) is 105 Å². The fourth-order valence-electron chi connectivity index (χ4n) is 3.70. The summed E-state index contributed by atoms with van der Waals surface area (Å²) < 4.78 is 4.88. The van der Waals surface area contributed by atoms with Gasteiger partial charge in [0.15, 0.2) is 0 Å². The van der Waals surface area contributed by atoms with Gasteiger partial charge < -0.3 is 41.3 Å². The second-order valence-corrected chi connectivity index (χ2v) is 9.42. The van der Waals surface area contributed by atoms with Crippen molar-refractivity contribution in [2.45, 2.75) is 50.9 Å². The van der Waals surface area contributed by atoms with Crippen LogP contribution in [0.25, 0.3) is 0 Å². The maximum Gasteiger partial charge on any atom is 0.303 e. The molecule has 1 aromatic carbocycles.